The number of hydrogen-bond acceptors (Lipinski definition) is 5. The van der Waals surface area contributed by atoms with Crippen molar-refractivity contribution < 1.29 is 13.9 Å². The summed E-state index contributed by atoms with van der Waals surface area (Å²) in [6, 6.07) is 23.0. The van der Waals surface area contributed by atoms with E-state index in [1.807, 2.05) is 30.3 Å². The number of carbonyl (C=O) groups excluding carboxylic acids is 1. The Morgan fingerprint density at radius 2 is 1.63 bits per heavy atom. The number of benzene rings is 3. The van der Waals surface area contributed by atoms with Crippen LogP contribution in [0.2, 0.25) is 0 Å². The van der Waals surface area contributed by atoms with Gasteiger partial charge in [-0.2, -0.15) is 10.5 Å². The molecule has 0 amide bonds. The highest BCUT2D eigenvalue weighted by Crippen LogP contribution is 2.26. The van der Waals surface area contributed by atoms with E-state index in [9.17, 15) is 14.4 Å². The fourth-order valence-electron chi connectivity index (χ4n) is 3.03. The average molecular weight is 596 g/mol. The van der Waals surface area contributed by atoms with Crippen molar-refractivity contribution in [3.63, 3.8) is 0 Å². The van der Waals surface area contributed by atoms with Crippen molar-refractivity contribution in [1.82, 2.24) is 9.55 Å². The second-order valence-electron chi connectivity index (χ2n) is 6.92. The lowest BCUT2D eigenvalue weighted by molar-refractivity contribution is 0.0510. The largest absolute Gasteiger partial charge is 0.460 e. The maximum absolute atomic E-state index is 12.6. The Bertz CT molecular complexity index is 1440. The first-order chi connectivity index (χ1) is 16.9. The molecule has 0 aliphatic rings. The van der Waals surface area contributed by atoms with Gasteiger partial charge in [-0.25, -0.2) is 14.2 Å². The summed E-state index contributed by atoms with van der Waals surface area (Å²) in [5.74, 6) is -0.888. The van der Waals surface area contributed by atoms with Crippen LogP contribution >= 0.6 is 31.9 Å². The second kappa shape index (κ2) is 12.1. The summed E-state index contributed by atoms with van der Waals surface area (Å²) in [4.78, 5) is 16.8. The van der Waals surface area contributed by atoms with E-state index in [-0.39, 0.29) is 18.0 Å². The first-order valence-corrected chi connectivity index (χ1v) is 11.8. The fraction of sp³-hybridized carbons (Fsp3) is 0.0769. The van der Waals surface area contributed by atoms with Crippen molar-refractivity contribution in [1.29, 1.82) is 10.5 Å². The van der Waals surface area contributed by atoms with Gasteiger partial charge in [0.15, 0.2) is 0 Å². The number of nitrogens with zero attached hydrogens (tertiary/aromatic N) is 4. The summed E-state index contributed by atoms with van der Waals surface area (Å²) in [5.41, 5.74) is 2.58. The van der Waals surface area contributed by atoms with Crippen molar-refractivity contribution in [2.45, 2.75) is 6.92 Å². The highest BCUT2D eigenvalue weighted by molar-refractivity contribution is 9.10. The number of rotatable bonds is 4. The van der Waals surface area contributed by atoms with Crippen LogP contribution in [0.4, 0.5) is 4.39 Å². The Balaban J connectivity index is 0.000000287. The Morgan fingerprint density at radius 3 is 2.23 bits per heavy atom. The van der Waals surface area contributed by atoms with Gasteiger partial charge in [0.1, 0.15) is 18.0 Å². The van der Waals surface area contributed by atoms with E-state index < -0.39 is 11.8 Å². The zero-order chi connectivity index (χ0) is 25.4. The molecule has 9 heteroatoms. The Kier molecular flexibility index (Phi) is 8.91. The molecule has 0 aliphatic carbocycles. The van der Waals surface area contributed by atoms with Gasteiger partial charge in [0.25, 0.3) is 0 Å². The smallest absolute Gasteiger partial charge is 0.374 e. The van der Waals surface area contributed by atoms with Gasteiger partial charge in [-0.15, -0.1) is 0 Å². The molecule has 0 aliphatic heterocycles. The van der Waals surface area contributed by atoms with Crippen LogP contribution in [0.3, 0.4) is 0 Å². The second-order valence-corrected chi connectivity index (χ2v) is 8.75. The topological polar surface area (TPSA) is 91.7 Å². The van der Waals surface area contributed by atoms with E-state index in [1.54, 1.807) is 48.0 Å². The SMILES string of the molecule is CCOC(=O)c1nc(-c2ccccc2)cn1-c1cc(Br)ccc1C#N.N#Cc1ccc(Br)cc1F. The molecule has 35 heavy (non-hydrogen) atoms. The van der Waals surface area contributed by atoms with Crippen LogP contribution in [0.5, 0.6) is 0 Å². The third kappa shape index (κ3) is 6.42. The van der Waals surface area contributed by atoms with Gasteiger partial charge in [-0.1, -0.05) is 62.2 Å². The molecule has 0 unspecified atom stereocenters. The van der Waals surface area contributed by atoms with Gasteiger partial charge in [0.2, 0.25) is 5.82 Å². The highest BCUT2D eigenvalue weighted by Gasteiger charge is 2.20. The minimum atomic E-state index is -0.534. The molecule has 0 radical (unpaired) electrons. The number of aromatic nitrogens is 2. The molecule has 4 aromatic rings. The zero-order valence-electron chi connectivity index (χ0n) is 18.4. The summed E-state index contributed by atoms with van der Waals surface area (Å²) in [5, 5.41) is 17.7. The molecule has 0 spiro atoms. The highest BCUT2D eigenvalue weighted by atomic mass is 79.9. The zero-order valence-corrected chi connectivity index (χ0v) is 21.5. The molecule has 0 N–H and O–H groups in total. The van der Waals surface area contributed by atoms with E-state index in [0.717, 1.165) is 10.0 Å². The van der Waals surface area contributed by atoms with Gasteiger partial charge in [-0.3, -0.25) is 4.57 Å². The van der Waals surface area contributed by atoms with Crippen molar-refractivity contribution in [3.8, 4) is 29.1 Å². The molecule has 6 nitrogen and oxygen atoms in total. The fourth-order valence-corrected chi connectivity index (χ4v) is 3.71. The van der Waals surface area contributed by atoms with Crippen LogP contribution in [-0.2, 0) is 4.74 Å². The quantitative estimate of drug-likeness (QED) is 0.242. The molecule has 0 saturated heterocycles. The number of hydrogen-bond donors (Lipinski definition) is 0. The number of halogens is 3. The van der Waals surface area contributed by atoms with Gasteiger partial charge < -0.3 is 4.74 Å². The Hall–Kier alpha value is -3.79. The summed E-state index contributed by atoms with van der Waals surface area (Å²) < 4.78 is 20.8. The molecular formula is C26H17Br2FN4O2. The maximum atomic E-state index is 12.6. The molecule has 4 rings (SSSR count). The van der Waals surface area contributed by atoms with Crippen molar-refractivity contribution >= 4 is 37.8 Å². The summed E-state index contributed by atoms with van der Waals surface area (Å²) >= 11 is 6.48. The monoisotopic (exact) mass is 594 g/mol. The first kappa shape index (κ1) is 25.8. The van der Waals surface area contributed by atoms with Gasteiger partial charge in [0, 0.05) is 20.7 Å². The first-order valence-electron chi connectivity index (χ1n) is 10.2. The van der Waals surface area contributed by atoms with Crippen LogP contribution in [0.25, 0.3) is 16.9 Å². The standard InChI is InChI=1S/C19H14BrN3O2.C7H3BrFN/c1-2-25-19(24)18-22-16(13-6-4-3-5-7-13)12-23(18)17-10-15(20)9-8-14(17)11-21;8-6-2-1-5(4-10)7(9)3-6/h3-10,12H,2H2,1H3;1-3H. The maximum Gasteiger partial charge on any atom is 0.374 e. The van der Waals surface area contributed by atoms with Crippen LogP contribution < -0.4 is 0 Å². The van der Waals surface area contributed by atoms with E-state index in [0.29, 0.717) is 21.4 Å². The minimum Gasteiger partial charge on any atom is -0.460 e. The molecule has 0 bridgehead atoms. The molecule has 0 saturated carbocycles. The third-order valence-electron chi connectivity index (χ3n) is 4.62. The Labute approximate surface area is 218 Å². The minimum absolute atomic E-state index is 0.0724. The molecule has 1 aromatic heterocycles. The van der Waals surface area contributed by atoms with Gasteiger partial charge in [0.05, 0.1) is 29.1 Å². The average Bonchev–Trinajstić information content (AvgIpc) is 3.31. The van der Waals surface area contributed by atoms with Crippen LogP contribution in [0.15, 0.2) is 81.9 Å². The number of esters is 1. The van der Waals surface area contributed by atoms with Gasteiger partial charge >= 0.3 is 5.97 Å². The van der Waals surface area contributed by atoms with Crippen molar-refractivity contribution in [2.24, 2.45) is 0 Å². The van der Waals surface area contributed by atoms with E-state index in [2.05, 4.69) is 42.9 Å². The van der Waals surface area contributed by atoms with Crippen molar-refractivity contribution in [2.75, 3.05) is 6.61 Å². The summed E-state index contributed by atoms with van der Waals surface area (Å²) in [6.07, 6.45) is 1.74. The molecule has 174 valence electrons. The van der Waals surface area contributed by atoms with Crippen LogP contribution in [0, 0.1) is 28.5 Å². The van der Waals surface area contributed by atoms with E-state index in [4.69, 9.17) is 10.00 Å². The van der Waals surface area contributed by atoms with Crippen molar-refractivity contribution in [3.05, 3.63) is 105 Å². The third-order valence-corrected chi connectivity index (χ3v) is 5.61. The Morgan fingerprint density at radius 1 is 1.00 bits per heavy atom. The molecular weight excluding hydrogens is 579 g/mol. The van der Waals surface area contributed by atoms with E-state index in [1.165, 1.54) is 12.1 Å². The lowest BCUT2D eigenvalue weighted by atomic mass is 10.1. The molecule has 3 aromatic carbocycles. The molecule has 0 fully saturated rings. The predicted molar refractivity (Wildman–Crippen MR) is 136 cm³/mol. The molecule has 0 atom stereocenters. The number of carbonyl (C=O) groups is 1. The lowest BCUT2D eigenvalue weighted by Crippen LogP contribution is -2.12. The number of nitriles is 2. The number of ether oxygens (including phenoxy) is 1. The molecule has 1 heterocycles. The normalized spacial score (nSPS) is 9.89. The predicted octanol–water partition coefficient (Wildman–Crippen LogP) is 6.81. The lowest BCUT2D eigenvalue weighted by Gasteiger charge is -2.09. The number of imidazole rings is 1. The van der Waals surface area contributed by atoms with E-state index >= 15 is 0 Å². The van der Waals surface area contributed by atoms with Crippen LogP contribution in [0.1, 0.15) is 28.7 Å². The van der Waals surface area contributed by atoms with Gasteiger partial charge in [-0.05, 0) is 43.3 Å². The summed E-state index contributed by atoms with van der Waals surface area (Å²) in [6.45, 7) is 1.99. The van der Waals surface area contributed by atoms with Crippen LogP contribution in [-0.4, -0.2) is 22.1 Å². The summed E-state index contributed by atoms with van der Waals surface area (Å²) in [7, 11) is 0.